The number of thioether (sulfide) groups is 1. The highest BCUT2D eigenvalue weighted by Crippen LogP contribution is 2.21. The summed E-state index contributed by atoms with van der Waals surface area (Å²) in [7, 11) is 3.43. The number of carbonyl (C=O) groups is 2. The molecule has 8 nitrogen and oxygen atoms in total. The van der Waals surface area contributed by atoms with Crippen LogP contribution in [0.25, 0.3) is 0 Å². The molecule has 1 heterocycles. The summed E-state index contributed by atoms with van der Waals surface area (Å²) in [6, 6.07) is 14.9. The Morgan fingerprint density at radius 1 is 1.00 bits per heavy atom. The SMILES string of the molecule is COc1ccc(CC(=O)N[C@H](C)c2nnc(SCC(=O)Nc3ccc(C(C)C)cc3)n2C)cc1. The predicted octanol–water partition coefficient (Wildman–Crippen LogP) is 4.10. The molecule has 0 bridgehead atoms. The molecule has 1 atom stereocenters. The van der Waals surface area contributed by atoms with E-state index in [0.29, 0.717) is 16.9 Å². The third kappa shape index (κ3) is 6.84. The van der Waals surface area contributed by atoms with Crippen LogP contribution in [0.5, 0.6) is 5.75 Å². The molecule has 0 aliphatic rings. The number of benzene rings is 2. The van der Waals surface area contributed by atoms with Gasteiger partial charge in [-0.05, 0) is 48.2 Å². The van der Waals surface area contributed by atoms with Gasteiger partial charge in [-0.25, -0.2) is 0 Å². The molecule has 2 N–H and O–H groups in total. The van der Waals surface area contributed by atoms with E-state index in [-0.39, 0.29) is 30.0 Å². The lowest BCUT2D eigenvalue weighted by atomic mass is 10.0. The van der Waals surface area contributed by atoms with E-state index in [9.17, 15) is 9.59 Å². The smallest absolute Gasteiger partial charge is 0.234 e. The van der Waals surface area contributed by atoms with Crippen molar-refractivity contribution in [2.75, 3.05) is 18.2 Å². The van der Waals surface area contributed by atoms with Crippen LogP contribution in [0, 0.1) is 0 Å². The summed E-state index contributed by atoms with van der Waals surface area (Å²) in [6.07, 6.45) is 0.256. The number of methoxy groups -OCH3 is 1. The molecule has 1 aromatic heterocycles. The van der Waals surface area contributed by atoms with Crippen molar-refractivity contribution in [2.45, 2.75) is 44.3 Å². The van der Waals surface area contributed by atoms with Crippen molar-refractivity contribution in [2.24, 2.45) is 7.05 Å². The highest BCUT2D eigenvalue weighted by atomic mass is 32.2. The van der Waals surface area contributed by atoms with Crippen molar-refractivity contribution in [1.82, 2.24) is 20.1 Å². The summed E-state index contributed by atoms with van der Waals surface area (Å²) in [5.41, 5.74) is 2.88. The second-order valence-electron chi connectivity index (χ2n) is 8.33. The van der Waals surface area contributed by atoms with Gasteiger partial charge in [-0.2, -0.15) is 0 Å². The average Bonchev–Trinajstić information content (AvgIpc) is 3.18. The quantitative estimate of drug-likeness (QED) is 0.423. The van der Waals surface area contributed by atoms with Crippen LogP contribution in [0.3, 0.4) is 0 Å². The molecule has 3 aromatic rings. The van der Waals surface area contributed by atoms with E-state index in [1.165, 1.54) is 17.3 Å². The number of carbonyl (C=O) groups excluding carboxylic acids is 2. The van der Waals surface area contributed by atoms with E-state index in [1.807, 2.05) is 62.5 Å². The van der Waals surface area contributed by atoms with Crippen LogP contribution >= 0.6 is 11.8 Å². The summed E-state index contributed by atoms with van der Waals surface area (Å²) in [4.78, 5) is 24.8. The minimum atomic E-state index is -0.328. The number of aromatic nitrogens is 3. The van der Waals surface area contributed by atoms with E-state index in [4.69, 9.17) is 4.74 Å². The third-order valence-electron chi connectivity index (χ3n) is 5.35. The topological polar surface area (TPSA) is 98.1 Å². The molecule has 0 fully saturated rings. The van der Waals surface area contributed by atoms with Crippen LogP contribution < -0.4 is 15.4 Å². The molecule has 0 aliphatic carbocycles. The number of ether oxygens (including phenoxy) is 1. The van der Waals surface area contributed by atoms with Gasteiger partial charge >= 0.3 is 0 Å². The first-order chi connectivity index (χ1) is 16.3. The summed E-state index contributed by atoms with van der Waals surface area (Å²) >= 11 is 1.30. The average molecular weight is 482 g/mol. The fraction of sp³-hybridized carbons (Fsp3) is 0.360. The number of hydrogen-bond acceptors (Lipinski definition) is 6. The molecule has 0 aliphatic heterocycles. The van der Waals surface area contributed by atoms with E-state index in [0.717, 1.165) is 17.0 Å². The van der Waals surface area contributed by atoms with Crippen molar-refractivity contribution >= 4 is 29.3 Å². The third-order valence-corrected chi connectivity index (χ3v) is 6.37. The number of nitrogens with zero attached hydrogens (tertiary/aromatic N) is 3. The molecule has 9 heteroatoms. The zero-order chi connectivity index (χ0) is 24.7. The molecule has 2 aromatic carbocycles. The van der Waals surface area contributed by atoms with Gasteiger partial charge in [0.05, 0.1) is 25.3 Å². The first-order valence-electron chi connectivity index (χ1n) is 11.1. The number of nitrogens with one attached hydrogen (secondary N) is 2. The number of hydrogen-bond donors (Lipinski definition) is 2. The Labute approximate surface area is 204 Å². The fourth-order valence-corrected chi connectivity index (χ4v) is 4.11. The highest BCUT2D eigenvalue weighted by Gasteiger charge is 2.18. The molecule has 0 saturated heterocycles. The van der Waals surface area contributed by atoms with Crippen LogP contribution in [0.1, 0.15) is 49.7 Å². The summed E-state index contributed by atoms with van der Waals surface area (Å²) < 4.78 is 6.94. The van der Waals surface area contributed by atoms with Gasteiger partial charge in [0.15, 0.2) is 11.0 Å². The first kappa shape index (κ1) is 25.3. The van der Waals surface area contributed by atoms with Crippen LogP contribution in [0.15, 0.2) is 53.7 Å². The molecule has 34 heavy (non-hydrogen) atoms. The van der Waals surface area contributed by atoms with Gasteiger partial charge in [0, 0.05) is 12.7 Å². The summed E-state index contributed by atoms with van der Waals surface area (Å²) in [5, 5.41) is 14.9. The van der Waals surface area contributed by atoms with E-state index >= 15 is 0 Å². The molecule has 0 spiro atoms. The van der Waals surface area contributed by atoms with E-state index in [1.54, 1.807) is 11.7 Å². The molecule has 2 amide bonds. The Morgan fingerprint density at radius 2 is 1.68 bits per heavy atom. The first-order valence-corrected chi connectivity index (χ1v) is 12.1. The highest BCUT2D eigenvalue weighted by molar-refractivity contribution is 7.99. The molecule has 0 saturated carbocycles. The molecular formula is C25H31N5O3S. The number of amides is 2. The zero-order valence-corrected chi connectivity index (χ0v) is 21.0. The fourth-order valence-electron chi connectivity index (χ4n) is 3.39. The lowest BCUT2D eigenvalue weighted by Crippen LogP contribution is -2.29. The van der Waals surface area contributed by atoms with Crippen LogP contribution in [-0.2, 0) is 23.1 Å². The van der Waals surface area contributed by atoms with Gasteiger partial charge < -0.3 is 19.9 Å². The lowest BCUT2D eigenvalue weighted by Gasteiger charge is -2.14. The van der Waals surface area contributed by atoms with Gasteiger partial charge in [-0.15, -0.1) is 10.2 Å². The Balaban J connectivity index is 1.50. The van der Waals surface area contributed by atoms with Crippen molar-refractivity contribution < 1.29 is 14.3 Å². The molecule has 3 rings (SSSR count). The molecule has 0 unspecified atom stereocenters. The number of anilines is 1. The van der Waals surface area contributed by atoms with Gasteiger partial charge in [0.25, 0.3) is 0 Å². The minimum absolute atomic E-state index is 0.113. The maximum absolute atomic E-state index is 12.5. The number of rotatable bonds is 10. The lowest BCUT2D eigenvalue weighted by molar-refractivity contribution is -0.121. The van der Waals surface area contributed by atoms with Crippen molar-refractivity contribution in [1.29, 1.82) is 0 Å². The standard InChI is InChI=1S/C25H31N5O3S/c1-16(2)19-8-10-20(11-9-19)27-23(32)15-34-25-29-28-24(30(25)4)17(3)26-22(31)14-18-6-12-21(33-5)13-7-18/h6-13,16-17H,14-15H2,1-5H3,(H,26,31)(H,27,32)/t17-/m1/s1. The largest absolute Gasteiger partial charge is 0.497 e. The maximum Gasteiger partial charge on any atom is 0.234 e. The molecule has 180 valence electrons. The van der Waals surface area contributed by atoms with Gasteiger partial charge in [0.1, 0.15) is 5.75 Å². The van der Waals surface area contributed by atoms with Crippen LogP contribution in [0.2, 0.25) is 0 Å². The van der Waals surface area contributed by atoms with Gasteiger partial charge in [0.2, 0.25) is 11.8 Å². The summed E-state index contributed by atoms with van der Waals surface area (Å²) in [6.45, 7) is 6.12. The Bertz CT molecular complexity index is 1110. The van der Waals surface area contributed by atoms with Gasteiger partial charge in [-0.1, -0.05) is 49.9 Å². The van der Waals surface area contributed by atoms with Crippen LogP contribution in [-0.4, -0.2) is 39.4 Å². The van der Waals surface area contributed by atoms with Crippen molar-refractivity contribution in [3.8, 4) is 5.75 Å². The van der Waals surface area contributed by atoms with Gasteiger partial charge in [-0.3, -0.25) is 9.59 Å². The second kappa shape index (κ2) is 11.7. The van der Waals surface area contributed by atoms with Crippen molar-refractivity contribution in [3.63, 3.8) is 0 Å². The van der Waals surface area contributed by atoms with Crippen molar-refractivity contribution in [3.05, 3.63) is 65.5 Å². The Kier molecular flexibility index (Phi) is 8.70. The zero-order valence-electron chi connectivity index (χ0n) is 20.2. The Hall–Kier alpha value is -3.33. The normalized spacial score (nSPS) is 11.8. The summed E-state index contributed by atoms with van der Waals surface area (Å²) in [5.74, 6) is 1.79. The minimum Gasteiger partial charge on any atom is -0.497 e. The Morgan fingerprint density at radius 3 is 2.29 bits per heavy atom. The monoisotopic (exact) mass is 481 g/mol. The second-order valence-corrected chi connectivity index (χ2v) is 9.27. The van der Waals surface area contributed by atoms with Crippen LogP contribution in [0.4, 0.5) is 5.69 Å². The van der Waals surface area contributed by atoms with E-state index < -0.39 is 0 Å². The maximum atomic E-state index is 12.5. The molecular weight excluding hydrogens is 450 g/mol. The molecule has 0 radical (unpaired) electrons. The predicted molar refractivity (Wildman–Crippen MR) is 134 cm³/mol. The van der Waals surface area contributed by atoms with E-state index in [2.05, 4.69) is 34.7 Å².